The van der Waals surface area contributed by atoms with E-state index in [2.05, 4.69) is 53.1 Å². The third kappa shape index (κ3) is 4.63. The summed E-state index contributed by atoms with van der Waals surface area (Å²) in [7, 11) is -1.28. The fraction of sp³-hybridized carbons (Fsp3) is 0.829. The number of allylic oxidation sites excluding steroid dienone is 1. The van der Waals surface area contributed by atoms with E-state index in [1.165, 1.54) is 6.29 Å². The highest BCUT2D eigenvalue weighted by molar-refractivity contribution is 6.76. The summed E-state index contributed by atoms with van der Waals surface area (Å²) in [5.41, 5.74) is -0.240. The van der Waals surface area contributed by atoms with E-state index in [-0.39, 0.29) is 48.6 Å². The molecule has 6 aliphatic rings. The molecule has 5 fully saturated rings. The minimum absolute atomic E-state index is 0.0159. The second-order valence-electron chi connectivity index (χ2n) is 16.3. The van der Waals surface area contributed by atoms with Gasteiger partial charge in [0.2, 0.25) is 0 Å². The average molecular weight is 615 g/mol. The Morgan fingerprint density at radius 2 is 1.98 bits per heavy atom. The highest BCUT2D eigenvalue weighted by atomic mass is 28.3. The van der Waals surface area contributed by atoms with Crippen LogP contribution in [0.15, 0.2) is 23.8 Å². The average Bonchev–Trinajstić information content (AvgIpc) is 3.63. The molecule has 0 aromatic carbocycles. The molecule has 8 heteroatoms. The van der Waals surface area contributed by atoms with Gasteiger partial charge in [0.05, 0.1) is 30.8 Å². The molecular weight excluding hydrogens is 560 g/mol. The first-order chi connectivity index (χ1) is 20.3. The molecule has 0 aromatic rings. The summed E-state index contributed by atoms with van der Waals surface area (Å²) in [6.07, 6.45) is 7.35. The van der Waals surface area contributed by atoms with Gasteiger partial charge in [-0.2, -0.15) is 0 Å². The Balaban J connectivity index is 1.34. The maximum absolute atomic E-state index is 14.8. The zero-order chi connectivity index (χ0) is 30.9. The van der Waals surface area contributed by atoms with Gasteiger partial charge >= 0.3 is 5.97 Å². The number of hydrogen-bond acceptors (Lipinski definition) is 7. The van der Waals surface area contributed by atoms with Crippen molar-refractivity contribution in [1.29, 1.82) is 0 Å². The molecule has 4 bridgehead atoms. The Bertz CT molecular complexity index is 1160. The number of aldehydes is 1. The predicted molar refractivity (Wildman–Crippen MR) is 167 cm³/mol. The van der Waals surface area contributed by atoms with Crippen molar-refractivity contribution in [2.75, 3.05) is 26.6 Å². The summed E-state index contributed by atoms with van der Waals surface area (Å²) in [4.78, 5) is 28.5. The van der Waals surface area contributed by atoms with Gasteiger partial charge in [0.1, 0.15) is 11.7 Å². The Morgan fingerprint density at radius 3 is 2.67 bits per heavy atom. The molecule has 2 aliphatic heterocycles. The summed E-state index contributed by atoms with van der Waals surface area (Å²) >= 11 is 0. The number of carbonyl (C=O) groups is 2. The summed E-state index contributed by atoms with van der Waals surface area (Å²) in [5, 5.41) is 0. The second kappa shape index (κ2) is 11.2. The van der Waals surface area contributed by atoms with Gasteiger partial charge in [0.25, 0.3) is 0 Å². The van der Waals surface area contributed by atoms with E-state index < -0.39 is 30.6 Å². The topological polar surface area (TPSA) is 80.3 Å². The Hall–Kier alpha value is -1.32. The van der Waals surface area contributed by atoms with Crippen LogP contribution in [-0.4, -0.2) is 65.4 Å². The SMILES string of the molecule is C=C1CO[C@H]2[C@@H]1C[C@H](OC[C@@]13C[C@@H]4[C@H](C)CC[C@H]4[C@@]4(C=O)C[C@@H]1C=C(C(C)C)[C@@]34C(=O)OCOCC[Si](C)(C)C)O[C@@H]2C. The normalized spacial score (nSPS) is 44.8. The highest BCUT2D eigenvalue weighted by Gasteiger charge is 2.84. The van der Waals surface area contributed by atoms with Gasteiger partial charge < -0.3 is 28.5 Å². The smallest absolute Gasteiger partial charge is 0.320 e. The van der Waals surface area contributed by atoms with Gasteiger partial charge in [-0.25, -0.2) is 0 Å². The van der Waals surface area contributed by atoms with Crippen LogP contribution in [0.4, 0.5) is 0 Å². The standard InChI is InChI=1S/C35H54O7Si/c1-21(2)29-13-25-15-33(18-36)28-10-9-22(3)27(28)16-34(25,35(29,33)32(37)41-20-38-11-12-43(6,7)8)19-40-30-14-26-23(4)17-39-31(26)24(5)42-30/h13,18,21-22,24-28,30-31H,4,9-12,14-17,19-20H2,1-3,5-8H3/t22-,24-,25+,26-,27-,28-,30-,31-,33+,34+,35+/m1/s1. The van der Waals surface area contributed by atoms with Crippen LogP contribution in [0.1, 0.15) is 59.8 Å². The van der Waals surface area contributed by atoms with Gasteiger partial charge in [-0.05, 0) is 67.4 Å². The summed E-state index contributed by atoms with van der Waals surface area (Å²) in [5.74, 6) is 1.16. The van der Waals surface area contributed by atoms with Gasteiger partial charge in [-0.3, -0.25) is 4.79 Å². The monoisotopic (exact) mass is 614 g/mol. The summed E-state index contributed by atoms with van der Waals surface area (Å²) in [6, 6.07) is 1.01. The van der Waals surface area contributed by atoms with Crippen LogP contribution in [0, 0.1) is 51.8 Å². The van der Waals surface area contributed by atoms with Crippen molar-refractivity contribution in [3.05, 3.63) is 23.8 Å². The quantitative estimate of drug-likeness (QED) is 0.0665. The molecule has 240 valence electrons. The molecule has 43 heavy (non-hydrogen) atoms. The van der Waals surface area contributed by atoms with Gasteiger partial charge in [-0.15, -0.1) is 0 Å². The van der Waals surface area contributed by atoms with Crippen LogP contribution in [0.3, 0.4) is 0 Å². The molecule has 3 saturated carbocycles. The van der Waals surface area contributed by atoms with Gasteiger partial charge in [0.15, 0.2) is 13.1 Å². The Morgan fingerprint density at radius 1 is 1.21 bits per heavy atom. The molecule has 0 radical (unpaired) electrons. The summed E-state index contributed by atoms with van der Waals surface area (Å²) in [6.45, 7) is 21.3. The van der Waals surface area contributed by atoms with E-state index >= 15 is 0 Å². The molecule has 0 N–H and O–H groups in total. The lowest BCUT2D eigenvalue weighted by atomic mass is 9.43. The maximum Gasteiger partial charge on any atom is 0.320 e. The fourth-order valence-corrected chi connectivity index (χ4v) is 11.4. The third-order valence-electron chi connectivity index (χ3n) is 12.6. The van der Waals surface area contributed by atoms with Crippen LogP contribution < -0.4 is 0 Å². The van der Waals surface area contributed by atoms with Crippen LogP contribution in [0.25, 0.3) is 0 Å². The van der Waals surface area contributed by atoms with E-state index in [0.29, 0.717) is 44.5 Å². The molecule has 0 amide bonds. The first-order valence-corrected chi connectivity index (χ1v) is 20.5. The predicted octanol–water partition coefficient (Wildman–Crippen LogP) is 6.40. The molecule has 6 rings (SSSR count). The molecular formula is C35H54O7Si. The minimum atomic E-state index is -1.28. The molecule has 2 heterocycles. The molecule has 7 nitrogen and oxygen atoms in total. The molecule has 0 unspecified atom stereocenters. The number of hydrogen-bond donors (Lipinski definition) is 0. The van der Waals surface area contributed by atoms with E-state index in [1.807, 2.05) is 6.92 Å². The maximum atomic E-state index is 14.8. The van der Waals surface area contributed by atoms with Crippen molar-refractivity contribution < 1.29 is 33.3 Å². The van der Waals surface area contributed by atoms with E-state index in [1.54, 1.807) is 0 Å². The number of carbonyl (C=O) groups excluding carboxylic acids is 2. The van der Waals surface area contributed by atoms with Crippen molar-refractivity contribution in [2.24, 2.45) is 51.8 Å². The zero-order valence-electron chi connectivity index (χ0n) is 27.5. The lowest BCUT2D eigenvalue weighted by molar-refractivity contribution is -0.250. The van der Waals surface area contributed by atoms with Crippen molar-refractivity contribution >= 4 is 20.3 Å². The molecule has 4 aliphatic carbocycles. The first-order valence-electron chi connectivity index (χ1n) is 16.8. The number of rotatable bonds is 11. The second-order valence-corrected chi connectivity index (χ2v) is 21.9. The fourth-order valence-electron chi connectivity index (χ4n) is 10.6. The summed E-state index contributed by atoms with van der Waals surface area (Å²) < 4.78 is 31.2. The van der Waals surface area contributed by atoms with Gasteiger partial charge in [-0.1, -0.05) is 65.1 Å². The van der Waals surface area contributed by atoms with Crippen LogP contribution in [0.5, 0.6) is 0 Å². The van der Waals surface area contributed by atoms with E-state index in [4.69, 9.17) is 23.7 Å². The van der Waals surface area contributed by atoms with Gasteiger partial charge in [0, 0.05) is 32.4 Å². The van der Waals surface area contributed by atoms with E-state index in [9.17, 15) is 9.59 Å². The van der Waals surface area contributed by atoms with E-state index in [0.717, 1.165) is 36.5 Å². The Kier molecular flexibility index (Phi) is 8.23. The number of fused-ring (bicyclic) bond motifs is 3. The van der Waals surface area contributed by atoms with Crippen molar-refractivity contribution in [2.45, 2.75) is 104 Å². The first kappa shape index (κ1) is 31.7. The molecule has 2 saturated heterocycles. The Labute approximate surface area is 259 Å². The number of esters is 1. The highest BCUT2D eigenvalue weighted by Crippen LogP contribution is 2.83. The zero-order valence-corrected chi connectivity index (χ0v) is 28.5. The van der Waals surface area contributed by atoms with Crippen LogP contribution in [-0.2, 0) is 33.3 Å². The van der Waals surface area contributed by atoms with Crippen LogP contribution in [0.2, 0.25) is 25.7 Å². The van der Waals surface area contributed by atoms with Crippen molar-refractivity contribution in [1.82, 2.24) is 0 Å². The largest absolute Gasteiger partial charge is 0.438 e. The van der Waals surface area contributed by atoms with Crippen molar-refractivity contribution in [3.63, 3.8) is 0 Å². The van der Waals surface area contributed by atoms with Crippen molar-refractivity contribution in [3.8, 4) is 0 Å². The molecule has 0 spiro atoms. The lowest BCUT2D eigenvalue weighted by Crippen LogP contribution is -2.64. The molecule has 0 aromatic heterocycles. The lowest BCUT2D eigenvalue weighted by Gasteiger charge is -2.59. The third-order valence-corrected chi connectivity index (χ3v) is 14.3. The number of ether oxygens (including phenoxy) is 5. The van der Waals surface area contributed by atoms with Crippen LogP contribution >= 0.6 is 0 Å². The minimum Gasteiger partial charge on any atom is -0.438 e. The molecule has 11 atom stereocenters.